The van der Waals surface area contributed by atoms with Crippen molar-refractivity contribution in [3.63, 3.8) is 0 Å². The molecule has 0 amide bonds. The monoisotopic (exact) mass is 435 g/mol. The second-order valence-electron chi connectivity index (χ2n) is 6.66. The van der Waals surface area contributed by atoms with Gasteiger partial charge in [0.2, 0.25) is 11.6 Å². The third kappa shape index (κ3) is 3.62. The zero-order valence-corrected chi connectivity index (χ0v) is 17.4. The summed E-state index contributed by atoms with van der Waals surface area (Å²) < 4.78 is 37.6. The van der Waals surface area contributed by atoms with Gasteiger partial charge < -0.3 is 14.9 Å². The molecule has 0 spiro atoms. The Labute approximate surface area is 178 Å². The Morgan fingerprint density at radius 2 is 1.74 bits per heavy atom. The summed E-state index contributed by atoms with van der Waals surface area (Å²) in [5.41, 5.74) is 8.08. The number of ether oxygens (including phenoxy) is 1. The van der Waals surface area contributed by atoms with Crippen LogP contribution in [0.1, 0.15) is 11.3 Å². The third-order valence-electron chi connectivity index (χ3n) is 4.55. The Bertz CT molecular complexity index is 1400. The number of benzene rings is 2. The molecular formula is C21H17N5O4S. The summed E-state index contributed by atoms with van der Waals surface area (Å²) in [7, 11) is -2.86. The van der Waals surface area contributed by atoms with Crippen LogP contribution in [-0.2, 0) is 10.0 Å². The van der Waals surface area contributed by atoms with Crippen molar-refractivity contribution in [1.29, 1.82) is 5.26 Å². The smallest absolute Gasteiger partial charge is 0.321 e. The molecule has 4 aromatic rings. The van der Waals surface area contributed by atoms with Crippen molar-refractivity contribution in [1.82, 2.24) is 14.2 Å². The molecule has 4 rings (SSSR count). The van der Waals surface area contributed by atoms with Gasteiger partial charge in [-0.15, -0.1) is 4.09 Å². The molecular weight excluding hydrogens is 418 g/mol. The molecule has 0 aliphatic carbocycles. The van der Waals surface area contributed by atoms with E-state index in [4.69, 9.17) is 14.9 Å². The minimum atomic E-state index is -4.40. The highest BCUT2D eigenvalue weighted by atomic mass is 32.2. The summed E-state index contributed by atoms with van der Waals surface area (Å²) in [6, 6.07) is 17.2. The summed E-state index contributed by atoms with van der Waals surface area (Å²) in [5.74, 6) is 0.520. The maximum Gasteiger partial charge on any atom is 0.321 e. The van der Waals surface area contributed by atoms with E-state index in [2.05, 4.69) is 10.1 Å². The minimum Gasteiger partial charge on any atom is -0.497 e. The molecule has 0 radical (unpaired) electrons. The lowest BCUT2D eigenvalue weighted by Gasteiger charge is -2.03. The number of nitriles is 1. The number of nitrogen functional groups attached to an aromatic ring is 1. The van der Waals surface area contributed by atoms with Gasteiger partial charge >= 0.3 is 10.0 Å². The van der Waals surface area contributed by atoms with Crippen molar-refractivity contribution < 1.29 is 17.6 Å². The van der Waals surface area contributed by atoms with Crippen LogP contribution in [0.25, 0.3) is 22.7 Å². The molecule has 0 bridgehead atoms. The zero-order valence-electron chi connectivity index (χ0n) is 16.6. The lowest BCUT2D eigenvalue weighted by molar-refractivity contribution is 0.415. The van der Waals surface area contributed by atoms with Gasteiger partial charge in [-0.1, -0.05) is 17.7 Å². The van der Waals surface area contributed by atoms with Crippen molar-refractivity contribution in [2.24, 2.45) is 0 Å². The van der Waals surface area contributed by atoms with Gasteiger partial charge in [0.15, 0.2) is 0 Å². The van der Waals surface area contributed by atoms with Crippen LogP contribution in [0.3, 0.4) is 0 Å². The highest BCUT2D eigenvalue weighted by Crippen LogP contribution is 2.29. The average Bonchev–Trinajstić information content (AvgIpc) is 3.39. The fourth-order valence-electron chi connectivity index (χ4n) is 2.92. The van der Waals surface area contributed by atoms with Gasteiger partial charge in [0.25, 0.3) is 5.09 Å². The molecule has 10 heteroatoms. The first-order valence-corrected chi connectivity index (χ1v) is 10.5. The van der Waals surface area contributed by atoms with Crippen LogP contribution >= 0.6 is 0 Å². The number of nitrogens with two attached hydrogens (primary N) is 1. The minimum absolute atomic E-state index is 0.0104. The van der Waals surface area contributed by atoms with Crippen LogP contribution in [0.15, 0.2) is 64.1 Å². The Balaban J connectivity index is 1.77. The van der Waals surface area contributed by atoms with E-state index in [0.717, 1.165) is 5.56 Å². The van der Waals surface area contributed by atoms with E-state index in [0.29, 0.717) is 26.7 Å². The highest BCUT2D eigenvalue weighted by molar-refractivity contribution is 7.89. The van der Waals surface area contributed by atoms with Crippen molar-refractivity contribution in [2.45, 2.75) is 12.0 Å². The normalized spacial score (nSPS) is 11.3. The molecule has 0 saturated carbocycles. The van der Waals surface area contributed by atoms with Gasteiger partial charge in [-0.05, 0) is 43.3 Å². The predicted molar refractivity (Wildman–Crippen MR) is 113 cm³/mol. The van der Waals surface area contributed by atoms with E-state index in [-0.39, 0.29) is 17.4 Å². The van der Waals surface area contributed by atoms with Crippen LogP contribution in [0.2, 0.25) is 0 Å². The number of aryl methyl sites for hydroxylation is 1. The first-order chi connectivity index (χ1) is 14.8. The number of hydrogen-bond donors (Lipinski definition) is 1. The number of aromatic nitrogens is 3. The van der Waals surface area contributed by atoms with Gasteiger partial charge in [-0.25, -0.2) is 0 Å². The van der Waals surface area contributed by atoms with Crippen molar-refractivity contribution in [3.8, 4) is 34.5 Å². The molecule has 2 heterocycles. The van der Waals surface area contributed by atoms with Crippen molar-refractivity contribution in [3.05, 3.63) is 65.9 Å². The fourth-order valence-corrected chi connectivity index (χ4v) is 4.13. The quantitative estimate of drug-likeness (QED) is 0.504. The standard InChI is InChI=1S/C21H17N5O4S/c1-13-3-5-15(6-4-13)20-24-18(12-22)21(30-20)31(27,28)26-19(23)11-17(25-26)14-7-9-16(29-2)10-8-14/h3-11H,23H2,1-2H3. The molecule has 2 aromatic heterocycles. The maximum absolute atomic E-state index is 13.2. The molecule has 0 aliphatic heterocycles. The fraction of sp³-hybridized carbons (Fsp3) is 0.0952. The van der Waals surface area contributed by atoms with E-state index in [1.807, 2.05) is 19.1 Å². The molecule has 0 saturated heterocycles. The van der Waals surface area contributed by atoms with Crippen LogP contribution in [0.4, 0.5) is 5.82 Å². The van der Waals surface area contributed by atoms with E-state index >= 15 is 0 Å². The molecule has 2 N–H and O–H groups in total. The number of anilines is 1. The summed E-state index contributed by atoms with van der Waals surface area (Å²) in [4.78, 5) is 4.03. The molecule has 9 nitrogen and oxygen atoms in total. The van der Waals surface area contributed by atoms with E-state index in [1.54, 1.807) is 49.6 Å². The molecule has 0 aliphatic rings. The highest BCUT2D eigenvalue weighted by Gasteiger charge is 2.31. The SMILES string of the molecule is COc1ccc(-c2cc(N)n(S(=O)(=O)c3oc(-c4ccc(C)cc4)nc3C#N)n2)cc1. The molecule has 0 atom stereocenters. The van der Waals surface area contributed by atoms with E-state index < -0.39 is 15.1 Å². The predicted octanol–water partition coefficient (Wildman–Crippen LogP) is 3.21. The lowest BCUT2D eigenvalue weighted by Crippen LogP contribution is -2.17. The number of rotatable bonds is 5. The number of methoxy groups -OCH3 is 1. The molecule has 156 valence electrons. The summed E-state index contributed by atoms with van der Waals surface area (Å²) in [6.45, 7) is 1.91. The lowest BCUT2D eigenvalue weighted by atomic mass is 10.1. The molecule has 0 unspecified atom stereocenters. The number of oxazole rings is 1. The Morgan fingerprint density at radius 1 is 1.10 bits per heavy atom. The Morgan fingerprint density at radius 3 is 2.35 bits per heavy atom. The van der Waals surface area contributed by atoms with E-state index in [1.165, 1.54) is 6.07 Å². The van der Waals surface area contributed by atoms with Crippen LogP contribution in [-0.4, -0.2) is 29.7 Å². The van der Waals surface area contributed by atoms with Crippen molar-refractivity contribution in [2.75, 3.05) is 12.8 Å². The van der Waals surface area contributed by atoms with E-state index in [9.17, 15) is 13.7 Å². The van der Waals surface area contributed by atoms with Gasteiger partial charge in [-0.3, -0.25) is 0 Å². The third-order valence-corrected chi connectivity index (χ3v) is 6.05. The van der Waals surface area contributed by atoms with Crippen LogP contribution in [0.5, 0.6) is 5.75 Å². The zero-order chi connectivity index (χ0) is 22.2. The summed E-state index contributed by atoms with van der Waals surface area (Å²) in [5, 5.41) is 12.9. The van der Waals surface area contributed by atoms with Gasteiger partial charge in [0.1, 0.15) is 17.6 Å². The largest absolute Gasteiger partial charge is 0.497 e. The number of hydrogen-bond acceptors (Lipinski definition) is 8. The molecule has 2 aromatic carbocycles. The second-order valence-corrected chi connectivity index (χ2v) is 8.33. The summed E-state index contributed by atoms with van der Waals surface area (Å²) >= 11 is 0. The second kappa shape index (κ2) is 7.62. The first-order valence-electron chi connectivity index (χ1n) is 9.07. The maximum atomic E-state index is 13.2. The molecule has 0 fully saturated rings. The van der Waals surface area contributed by atoms with Crippen molar-refractivity contribution >= 4 is 15.8 Å². The van der Waals surface area contributed by atoms with Crippen LogP contribution < -0.4 is 10.5 Å². The average molecular weight is 435 g/mol. The number of nitrogens with zero attached hydrogens (tertiary/aromatic N) is 4. The summed E-state index contributed by atoms with van der Waals surface area (Å²) in [6.07, 6.45) is 0. The van der Waals surface area contributed by atoms with Gasteiger partial charge in [-0.2, -0.15) is 23.8 Å². The topological polar surface area (TPSA) is 137 Å². The van der Waals surface area contributed by atoms with Gasteiger partial charge in [0.05, 0.1) is 12.8 Å². The van der Waals surface area contributed by atoms with Crippen LogP contribution in [0, 0.1) is 18.3 Å². The van der Waals surface area contributed by atoms with Gasteiger partial charge in [0, 0.05) is 17.2 Å². The Kier molecular flexibility index (Phi) is 4.96. The Hall–Kier alpha value is -4.10. The first kappa shape index (κ1) is 20.2. The molecule has 31 heavy (non-hydrogen) atoms.